The molecule has 3 unspecified atom stereocenters. The summed E-state index contributed by atoms with van der Waals surface area (Å²) in [5, 5.41) is 4.47. The van der Waals surface area contributed by atoms with Crippen molar-refractivity contribution in [3.63, 3.8) is 0 Å². The van der Waals surface area contributed by atoms with Crippen LogP contribution in [0, 0.1) is 5.92 Å². The lowest BCUT2D eigenvalue weighted by Gasteiger charge is -2.28. The molecule has 1 aliphatic carbocycles. The van der Waals surface area contributed by atoms with Crippen LogP contribution < -0.4 is 10.1 Å². The van der Waals surface area contributed by atoms with Gasteiger partial charge in [-0.3, -0.25) is 0 Å². The Bertz CT molecular complexity index is 423. The van der Waals surface area contributed by atoms with Gasteiger partial charge in [-0.25, -0.2) is 0 Å². The molecular formula is C18H29NOS. The molecule has 0 aromatic heterocycles. The van der Waals surface area contributed by atoms with E-state index in [-0.39, 0.29) is 0 Å². The summed E-state index contributed by atoms with van der Waals surface area (Å²) in [6, 6.07) is 8.90. The first-order valence-corrected chi connectivity index (χ1v) is 9.26. The molecule has 0 aliphatic heterocycles. The van der Waals surface area contributed by atoms with Crippen LogP contribution in [-0.4, -0.2) is 24.7 Å². The predicted molar refractivity (Wildman–Crippen MR) is 93.3 cm³/mol. The maximum Gasteiger partial charge on any atom is 0.119 e. The third kappa shape index (κ3) is 5.23. The van der Waals surface area contributed by atoms with E-state index in [0.717, 1.165) is 29.2 Å². The molecule has 0 saturated heterocycles. The highest BCUT2D eigenvalue weighted by molar-refractivity contribution is 7.99. The van der Waals surface area contributed by atoms with E-state index in [1.807, 2.05) is 6.07 Å². The van der Waals surface area contributed by atoms with Crippen LogP contribution in [0.3, 0.4) is 0 Å². The monoisotopic (exact) mass is 307 g/mol. The molecule has 1 N–H and O–H groups in total. The maximum atomic E-state index is 5.36. The molecule has 1 aliphatic rings. The van der Waals surface area contributed by atoms with Gasteiger partial charge in [0.25, 0.3) is 0 Å². The smallest absolute Gasteiger partial charge is 0.119 e. The molecule has 3 heteroatoms. The summed E-state index contributed by atoms with van der Waals surface area (Å²) in [6.07, 6.45) is 5.61. The van der Waals surface area contributed by atoms with E-state index in [4.69, 9.17) is 4.74 Å². The van der Waals surface area contributed by atoms with Crippen molar-refractivity contribution in [2.45, 2.75) is 50.8 Å². The lowest BCUT2D eigenvalue weighted by Crippen LogP contribution is -2.25. The third-order valence-electron chi connectivity index (χ3n) is 4.33. The molecule has 0 spiro atoms. The van der Waals surface area contributed by atoms with Gasteiger partial charge in [0.1, 0.15) is 5.75 Å². The molecule has 21 heavy (non-hydrogen) atoms. The van der Waals surface area contributed by atoms with Gasteiger partial charge in [0, 0.05) is 17.0 Å². The molecule has 118 valence electrons. The zero-order valence-corrected chi connectivity index (χ0v) is 14.4. The number of hydrogen-bond acceptors (Lipinski definition) is 3. The number of nitrogens with one attached hydrogen (secondary N) is 1. The lowest BCUT2D eigenvalue weighted by atomic mass is 9.91. The summed E-state index contributed by atoms with van der Waals surface area (Å²) in [7, 11) is 1.74. The zero-order valence-electron chi connectivity index (χ0n) is 13.6. The van der Waals surface area contributed by atoms with Crippen molar-refractivity contribution >= 4 is 11.8 Å². The summed E-state index contributed by atoms with van der Waals surface area (Å²) in [5.74, 6) is 3.01. The van der Waals surface area contributed by atoms with Gasteiger partial charge in [-0.1, -0.05) is 38.8 Å². The number of rotatable bonds is 7. The molecule has 1 saturated carbocycles. The highest BCUT2D eigenvalue weighted by atomic mass is 32.2. The van der Waals surface area contributed by atoms with Crippen LogP contribution in [0.2, 0.25) is 0 Å². The van der Waals surface area contributed by atoms with Crippen molar-refractivity contribution in [2.75, 3.05) is 19.4 Å². The van der Waals surface area contributed by atoms with E-state index in [9.17, 15) is 0 Å². The quantitative estimate of drug-likeness (QED) is 0.792. The van der Waals surface area contributed by atoms with Crippen molar-refractivity contribution < 1.29 is 4.74 Å². The van der Waals surface area contributed by atoms with Crippen LogP contribution in [0.4, 0.5) is 0 Å². The minimum absolute atomic E-state index is 0.423. The molecule has 1 aromatic carbocycles. The normalized spacial score (nSPS) is 23.8. The summed E-state index contributed by atoms with van der Waals surface area (Å²) in [6.45, 7) is 5.58. The highest BCUT2D eigenvalue weighted by Crippen LogP contribution is 2.34. The molecule has 2 nitrogen and oxygen atoms in total. The van der Waals surface area contributed by atoms with E-state index in [0.29, 0.717) is 6.04 Å². The van der Waals surface area contributed by atoms with Crippen molar-refractivity contribution in [1.82, 2.24) is 5.32 Å². The minimum atomic E-state index is 0.423. The van der Waals surface area contributed by atoms with Gasteiger partial charge in [-0.2, -0.15) is 11.8 Å². The number of benzene rings is 1. The second-order valence-electron chi connectivity index (χ2n) is 6.11. The zero-order chi connectivity index (χ0) is 15.1. The lowest BCUT2D eigenvalue weighted by molar-refractivity contribution is 0.394. The number of ether oxygens (including phenoxy) is 1. The maximum absolute atomic E-state index is 5.36. The SMILES string of the molecule is CCNC(CSC1CCCC(C)C1)c1cccc(OC)c1. The van der Waals surface area contributed by atoms with Crippen LogP contribution in [0.1, 0.15) is 51.1 Å². The van der Waals surface area contributed by atoms with Crippen LogP contribution in [0.15, 0.2) is 24.3 Å². The molecule has 1 aromatic rings. The molecule has 3 atom stereocenters. The fourth-order valence-electron chi connectivity index (χ4n) is 3.14. The van der Waals surface area contributed by atoms with Crippen molar-refractivity contribution in [3.8, 4) is 5.75 Å². The van der Waals surface area contributed by atoms with Crippen LogP contribution in [0.25, 0.3) is 0 Å². The van der Waals surface area contributed by atoms with Crippen LogP contribution >= 0.6 is 11.8 Å². The standard InChI is InChI=1S/C18H29NOS/c1-4-19-18(15-8-6-9-16(12-15)20-3)13-21-17-10-5-7-14(2)11-17/h6,8-9,12,14,17-19H,4-5,7,10-11,13H2,1-3H3. The molecule has 0 radical (unpaired) electrons. The molecule has 0 amide bonds. The summed E-state index contributed by atoms with van der Waals surface area (Å²) >= 11 is 2.15. The predicted octanol–water partition coefficient (Wildman–Crippen LogP) is 4.66. The van der Waals surface area contributed by atoms with Gasteiger partial charge < -0.3 is 10.1 Å². The fourth-order valence-corrected chi connectivity index (χ4v) is 4.71. The Morgan fingerprint density at radius 1 is 1.38 bits per heavy atom. The van der Waals surface area contributed by atoms with Crippen molar-refractivity contribution in [1.29, 1.82) is 0 Å². The number of methoxy groups -OCH3 is 1. The Labute approximate surface area is 134 Å². The molecule has 0 heterocycles. The first-order valence-electron chi connectivity index (χ1n) is 8.21. The Morgan fingerprint density at radius 2 is 2.24 bits per heavy atom. The molecular weight excluding hydrogens is 278 g/mol. The topological polar surface area (TPSA) is 21.3 Å². The Balaban J connectivity index is 1.94. The average Bonchev–Trinajstić information content (AvgIpc) is 2.51. The molecule has 0 bridgehead atoms. The van der Waals surface area contributed by atoms with Gasteiger partial charge in [-0.05, 0) is 43.0 Å². The summed E-state index contributed by atoms with van der Waals surface area (Å²) < 4.78 is 5.36. The van der Waals surface area contributed by atoms with E-state index >= 15 is 0 Å². The first kappa shape index (κ1) is 16.7. The van der Waals surface area contributed by atoms with Gasteiger partial charge >= 0.3 is 0 Å². The van der Waals surface area contributed by atoms with Crippen LogP contribution in [0.5, 0.6) is 5.75 Å². The van der Waals surface area contributed by atoms with E-state index in [2.05, 4.69) is 49.1 Å². The Kier molecular flexibility index (Phi) is 6.91. The van der Waals surface area contributed by atoms with E-state index in [1.165, 1.54) is 31.2 Å². The third-order valence-corrected chi connectivity index (χ3v) is 5.76. The Hall–Kier alpha value is -0.670. The minimum Gasteiger partial charge on any atom is -0.497 e. The largest absolute Gasteiger partial charge is 0.497 e. The Morgan fingerprint density at radius 3 is 2.95 bits per heavy atom. The highest BCUT2D eigenvalue weighted by Gasteiger charge is 2.21. The molecule has 2 rings (SSSR count). The van der Waals surface area contributed by atoms with Gasteiger partial charge in [-0.15, -0.1) is 0 Å². The number of thioether (sulfide) groups is 1. The fraction of sp³-hybridized carbons (Fsp3) is 0.667. The second kappa shape index (κ2) is 8.70. The van der Waals surface area contributed by atoms with Gasteiger partial charge in [0.05, 0.1) is 7.11 Å². The van der Waals surface area contributed by atoms with Crippen molar-refractivity contribution in [2.24, 2.45) is 5.92 Å². The second-order valence-corrected chi connectivity index (χ2v) is 7.45. The van der Waals surface area contributed by atoms with E-state index in [1.54, 1.807) is 7.11 Å². The summed E-state index contributed by atoms with van der Waals surface area (Å²) in [5.41, 5.74) is 1.34. The first-order chi connectivity index (χ1) is 10.2. The van der Waals surface area contributed by atoms with Gasteiger partial charge in [0.2, 0.25) is 0 Å². The van der Waals surface area contributed by atoms with Crippen molar-refractivity contribution in [3.05, 3.63) is 29.8 Å². The number of hydrogen-bond donors (Lipinski definition) is 1. The van der Waals surface area contributed by atoms with Gasteiger partial charge in [0.15, 0.2) is 0 Å². The average molecular weight is 308 g/mol. The van der Waals surface area contributed by atoms with E-state index < -0.39 is 0 Å². The molecule has 1 fully saturated rings. The summed E-state index contributed by atoms with van der Waals surface area (Å²) in [4.78, 5) is 0. The van der Waals surface area contributed by atoms with Crippen LogP contribution in [-0.2, 0) is 0 Å².